The number of ether oxygens (including phenoxy) is 1. The summed E-state index contributed by atoms with van der Waals surface area (Å²) in [4.78, 5) is 22.0. The SMILES string of the molecule is CC(=O)C1COCC(C(C)=O)C1. The molecule has 0 spiro atoms. The summed E-state index contributed by atoms with van der Waals surface area (Å²) in [7, 11) is 0. The van der Waals surface area contributed by atoms with E-state index in [9.17, 15) is 9.59 Å². The van der Waals surface area contributed by atoms with E-state index in [4.69, 9.17) is 4.74 Å². The topological polar surface area (TPSA) is 43.4 Å². The summed E-state index contributed by atoms with van der Waals surface area (Å²) in [5.41, 5.74) is 0. The van der Waals surface area contributed by atoms with Crippen molar-refractivity contribution in [3.8, 4) is 0 Å². The minimum Gasteiger partial charge on any atom is -0.380 e. The Morgan fingerprint density at radius 3 is 1.83 bits per heavy atom. The standard InChI is InChI=1S/C9H14O3/c1-6(10)8-3-9(7(2)11)5-12-4-8/h8-9H,3-5H2,1-2H3. The number of Topliss-reactive ketones (excluding diaryl/α,β-unsaturated/α-hetero) is 2. The van der Waals surface area contributed by atoms with Crippen LogP contribution in [-0.2, 0) is 14.3 Å². The normalized spacial score (nSPS) is 29.8. The molecule has 1 fully saturated rings. The Morgan fingerprint density at radius 2 is 1.50 bits per heavy atom. The van der Waals surface area contributed by atoms with Gasteiger partial charge in [-0.25, -0.2) is 0 Å². The van der Waals surface area contributed by atoms with Crippen LogP contribution >= 0.6 is 0 Å². The third kappa shape index (κ3) is 2.14. The molecule has 1 heterocycles. The smallest absolute Gasteiger partial charge is 0.135 e. The molecule has 0 aliphatic carbocycles. The summed E-state index contributed by atoms with van der Waals surface area (Å²) in [6.07, 6.45) is 0.671. The van der Waals surface area contributed by atoms with Crippen LogP contribution in [0, 0.1) is 11.8 Å². The van der Waals surface area contributed by atoms with Crippen LogP contribution in [0.15, 0.2) is 0 Å². The highest BCUT2D eigenvalue weighted by Gasteiger charge is 2.27. The van der Waals surface area contributed by atoms with E-state index >= 15 is 0 Å². The maximum atomic E-state index is 11.0. The van der Waals surface area contributed by atoms with Gasteiger partial charge in [0.15, 0.2) is 0 Å². The Morgan fingerprint density at radius 1 is 1.08 bits per heavy atom. The second kappa shape index (κ2) is 3.81. The van der Waals surface area contributed by atoms with Crippen molar-refractivity contribution in [3.63, 3.8) is 0 Å². The highest BCUT2D eigenvalue weighted by atomic mass is 16.5. The summed E-state index contributed by atoms with van der Waals surface area (Å²) >= 11 is 0. The van der Waals surface area contributed by atoms with Gasteiger partial charge < -0.3 is 4.74 Å². The van der Waals surface area contributed by atoms with Gasteiger partial charge in [0, 0.05) is 11.8 Å². The van der Waals surface area contributed by atoms with Gasteiger partial charge in [-0.05, 0) is 20.3 Å². The van der Waals surface area contributed by atoms with E-state index in [0.717, 1.165) is 0 Å². The largest absolute Gasteiger partial charge is 0.380 e. The first-order valence-corrected chi connectivity index (χ1v) is 4.20. The Hall–Kier alpha value is -0.700. The third-order valence-electron chi connectivity index (χ3n) is 2.36. The van der Waals surface area contributed by atoms with Crippen molar-refractivity contribution in [2.45, 2.75) is 20.3 Å². The first-order chi connectivity index (χ1) is 5.61. The average molecular weight is 170 g/mol. The molecule has 12 heavy (non-hydrogen) atoms. The average Bonchev–Trinajstić information content (AvgIpc) is 2.04. The quantitative estimate of drug-likeness (QED) is 0.616. The maximum absolute atomic E-state index is 11.0. The van der Waals surface area contributed by atoms with Crippen LogP contribution in [0.25, 0.3) is 0 Å². The predicted molar refractivity (Wildman–Crippen MR) is 43.8 cm³/mol. The van der Waals surface area contributed by atoms with Crippen LogP contribution in [0.3, 0.4) is 0 Å². The lowest BCUT2D eigenvalue weighted by atomic mass is 9.88. The number of ketones is 2. The predicted octanol–water partition coefficient (Wildman–Crippen LogP) is 0.817. The second-order valence-corrected chi connectivity index (χ2v) is 3.39. The molecule has 2 atom stereocenters. The van der Waals surface area contributed by atoms with Gasteiger partial charge in [0.05, 0.1) is 13.2 Å². The number of rotatable bonds is 2. The summed E-state index contributed by atoms with van der Waals surface area (Å²) in [6, 6.07) is 0. The summed E-state index contributed by atoms with van der Waals surface area (Å²) < 4.78 is 5.18. The van der Waals surface area contributed by atoms with Crippen LogP contribution in [0.1, 0.15) is 20.3 Å². The number of carbonyl (C=O) groups excluding carboxylic acids is 2. The number of carbonyl (C=O) groups is 2. The fourth-order valence-corrected chi connectivity index (χ4v) is 1.40. The molecule has 2 unspecified atom stereocenters. The van der Waals surface area contributed by atoms with Crippen LogP contribution in [0.4, 0.5) is 0 Å². The lowest BCUT2D eigenvalue weighted by Crippen LogP contribution is -2.32. The first-order valence-electron chi connectivity index (χ1n) is 4.20. The molecule has 0 radical (unpaired) electrons. The molecule has 0 bridgehead atoms. The number of hydrogen-bond acceptors (Lipinski definition) is 3. The molecule has 0 aromatic carbocycles. The van der Waals surface area contributed by atoms with Crippen LogP contribution in [0.2, 0.25) is 0 Å². The molecule has 1 aliphatic heterocycles. The van der Waals surface area contributed by atoms with Crippen molar-refractivity contribution in [2.75, 3.05) is 13.2 Å². The van der Waals surface area contributed by atoms with Gasteiger partial charge >= 0.3 is 0 Å². The molecule has 1 aliphatic rings. The zero-order chi connectivity index (χ0) is 9.14. The summed E-state index contributed by atoms with van der Waals surface area (Å²) in [5, 5.41) is 0. The van der Waals surface area contributed by atoms with Gasteiger partial charge in [-0.3, -0.25) is 9.59 Å². The Labute approximate surface area is 72.1 Å². The fraction of sp³-hybridized carbons (Fsp3) is 0.778. The highest BCUT2D eigenvalue weighted by Crippen LogP contribution is 2.20. The third-order valence-corrected chi connectivity index (χ3v) is 2.36. The fourth-order valence-electron chi connectivity index (χ4n) is 1.40. The Kier molecular flexibility index (Phi) is 2.98. The molecular formula is C9H14O3. The molecule has 0 N–H and O–H groups in total. The van der Waals surface area contributed by atoms with Gasteiger partial charge in [-0.15, -0.1) is 0 Å². The minimum absolute atomic E-state index is 0.0624. The summed E-state index contributed by atoms with van der Waals surface area (Å²) in [5.74, 6) is 0.127. The van der Waals surface area contributed by atoms with Crippen molar-refractivity contribution >= 4 is 11.6 Å². The van der Waals surface area contributed by atoms with Crippen molar-refractivity contribution < 1.29 is 14.3 Å². The zero-order valence-electron chi connectivity index (χ0n) is 7.50. The minimum atomic E-state index is -0.0624. The molecule has 0 aromatic heterocycles. The van der Waals surface area contributed by atoms with Gasteiger partial charge in [0.2, 0.25) is 0 Å². The molecule has 3 nitrogen and oxygen atoms in total. The zero-order valence-corrected chi connectivity index (χ0v) is 7.50. The van der Waals surface area contributed by atoms with Gasteiger partial charge in [-0.1, -0.05) is 0 Å². The monoisotopic (exact) mass is 170 g/mol. The molecule has 68 valence electrons. The Bertz CT molecular complexity index is 178. The lowest BCUT2D eigenvalue weighted by Gasteiger charge is -2.25. The van der Waals surface area contributed by atoms with Crippen molar-refractivity contribution in [2.24, 2.45) is 11.8 Å². The highest BCUT2D eigenvalue weighted by molar-refractivity contribution is 5.82. The number of hydrogen-bond donors (Lipinski definition) is 0. The molecule has 0 aromatic rings. The van der Waals surface area contributed by atoms with Gasteiger partial charge in [-0.2, -0.15) is 0 Å². The van der Waals surface area contributed by atoms with E-state index in [1.165, 1.54) is 0 Å². The second-order valence-electron chi connectivity index (χ2n) is 3.39. The molecular weight excluding hydrogens is 156 g/mol. The van der Waals surface area contributed by atoms with E-state index in [-0.39, 0.29) is 23.4 Å². The lowest BCUT2D eigenvalue weighted by molar-refractivity contribution is -0.132. The first kappa shape index (κ1) is 9.39. The van der Waals surface area contributed by atoms with Crippen LogP contribution in [0.5, 0.6) is 0 Å². The molecule has 3 heteroatoms. The van der Waals surface area contributed by atoms with Crippen molar-refractivity contribution in [1.82, 2.24) is 0 Å². The van der Waals surface area contributed by atoms with E-state index in [1.807, 2.05) is 0 Å². The van der Waals surface area contributed by atoms with E-state index in [0.29, 0.717) is 19.6 Å². The molecule has 0 amide bonds. The molecule has 0 saturated carbocycles. The van der Waals surface area contributed by atoms with Crippen molar-refractivity contribution in [3.05, 3.63) is 0 Å². The van der Waals surface area contributed by atoms with E-state index < -0.39 is 0 Å². The maximum Gasteiger partial charge on any atom is 0.135 e. The van der Waals surface area contributed by atoms with Crippen LogP contribution < -0.4 is 0 Å². The van der Waals surface area contributed by atoms with E-state index in [1.54, 1.807) is 13.8 Å². The van der Waals surface area contributed by atoms with Crippen molar-refractivity contribution in [1.29, 1.82) is 0 Å². The van der Waals surface area contributed by atoms with Crippen LogP contribution in [-0.4, -0.2) is 24.8 Å². The summed E-state index contributed by atoms with van der Waals surface area (Å²) in [6.45, 7) is 4.07. The van der Waals surface area contributed by atoms with Gasteiger partial charge in [0.25, 0.3) is 0 Å². The molecule has 1 saturated heterocycles. The van der Waals surface area contributed by atoms with Gasteiger partial charge in [0.1, 0.15) is 11.6 Å². The molecule has 1 rings (SSSR count). The van der Waals surface area contributed by atoms with E-state index in [2.05, 4.69) is 0 Å². The Balaban J connectivity index is 2.51.